The molecule has 13 heavy (non-hydrogen) atoms. The molecule has 0 fully saturated rings. The zero-order chi connectivity index (χ0) is 9.52. The molecule has 0 amide bonds. The van der Waals surface area contributed by atoms with Crippen molar-refractivity contribution in [1.82, 2.24) is 41.2 Å². The third-order valence-corrected chi connectivity index (χ3v) is 0.817. The SMILES string of the molecule is O=C(O)c1nnn[nH]1.c1nnn[nH]1. The van der Waals surface area contributed by atoms with Crippen LogP contribution < -0.4 is 0 Å². The van der Waals surface area contributed by atoms with Crippen LogP contribution in [-0.4, -0.2) is 52.3 Å². The minimum atomic E-state index is -1.16. The zero-order valence-electron chi connectivity index (χ0n) is 6.12. The van der Waals surface area contributed by atoms with E-state index in [9.17, 15) is 4.79 Å². The number of carboxylic acids is 1. The maximum Gasteiger partial charge on any atom is 0.375 e. The quantitative estimate of drug-likeness (QED) is 0.465. The fourth-order valence-corrected chi connectivity index (χ4v) is 0.379. The van der Waals surface area contributed by atoms with Gasteiger partial charge >= 0.3 is 5.97 Å². The molecule has 0 bridgehead atoms. The summed E-state index contributed by atoms with van der Waals surface area (Å²) >= 11 is 0. The Bertz CT molecular complexity index is 309. The van der Waals surface area contributed by atoms with Gasteiger partial charge in [-0.1, -0.05) is 0 Å². The van der Waals surface area contributed by atoms with Gasteiger partial charge in [0.1, 0.15) is 6.33 Å². The van der Waals surface area contributed by atoms with Crippen LogP contribution in [0, 0.1) is 0 Å². The Hall–Kier alpha value is -2.39. The summed E-state index contributed by atoms with van der Waals surface area (Å²) in [7, 11) is 0. The number of nitrogens with one attached hydrogen (secondary N) is 2. The maximum absolute atomic E-state index is 9.89. The summed E-state index contributed by atoms with van der Waals surface area (Å²) in [5.74, 6) is -1.40. The first kappa shape index (κ1) is 8.70. The predicted octanol–water partition coefficient (Wildman–Crippen LogP) is -1.90. The van der Waals surface area contributed by atoms with Crippen molar-refractivity contribution in [2.45, 2.75) is 0 Å². The summed E-state index contributed by atoms with van der Waals surface area (Å²) in [4.78, 5) is 9.89. The molecule has 2 heterocycles. The van der Waals surface area contributed by atoms with Crippen molar-refractivity contribution in [1.29, 1.82) is 0 Å². The summed E-state index contributed by atoms with van der Waals surface area (Å²) in [5, 5.41) is 31.4. The second kappa shape index (κ2) is 4.48. The van der Waals surface area contributed by atoms with Gasteiger partial charge in [0.25, 0.3) is 5.82 Å². The van der Waals surface area contributed by atoms with E-state index >= 15 is 0 Å². The van der Waals surface area contributed by atoms with Crippen molar-refractivity contribution in [2.24, 2.45) is 0 Å². The highest BCUT2D eigenvalue weighted by Crippen LogP contribution is 1.78. The first-order valence-electron chi connectivity index (χ1n) is 2.95. The Morgan fingerprint density at radius 3 is 2.46 bits per heavy atom. The molecule has 0 unspecified atom stereocenters. The molecule has 10 nitrogen and oxygen atoms in total. The monoisotopic (exact) mass is 184 g/mol. The molecular weight excluding hydrogens is 180 g/mol. The summed E-state index contributed by atoms with van der Waals surface area (Å²) in [5.41, 5.74) is 0. The number of aromatic carboxylic acids is 1. The second-order valence-corrected chi connectivity index (χ2v) is 1.62. The van der Waals surface area contributed by atoms with E-state index in [2.05, 4.69) is 41.2 Å². The minimum Gasteiger partial charge on any atom is -0.475 e. The van der Waals surface area contributed by atoms with Crippen LogP contribution >= 0.6 is 0 Å². The molecule has 0 aromatic carbocycles. The van der Waals surface area contributed by atoms with Gasteiger partial charge < -0.3 is 5.11 Å². The lowest BCUT2D eigenvalue weighted by Crippen LogP contribution is -1.98. The van der Waals surface area contributed by atoms with Crippen LogP contribution in [0.2, 0.25) is 0 Å². The van der Waals surface area contributed by atoms with Crippen molar-refractivity contribution >= 4 is 5.97 Å². The lowest BCUT2D eigenvalue weighted by atomic mass is 10.7. The molecule has 0 saturated heterocycles. The first-order chi connectivity index (χ1) is 6.30. The van der Waals surface area contributed by atoms with Crippen molar-refractivity contribution in [3.05, 3.63) is 12.2 Å². The van der Waals surface area contributed by atoms with Crippen molar-refractivity contribution in [2.75, 3.05) is 0 Å². The molecular formula is C3H4N8O2. The number of H-pyrrole nitrogens is 2. The third kappa shape index (κ3) is 3.00. The molecule has 0 aliphatic heterocycles. The van der Waals surface area contributed by atoms with E-state index in [1.165, 1.54) is 6.33 Å². The van der Waals surface area contributed by atoms with E-state index in [-0.39, 0.29) is 5.82 Å². The third-order valence-electron chi connectivity index (χ3n) is 0.817. The Balaban J connectivity index is 0.000000145. The van der Waals surface area contributed by atoms with Crippen LogP contribution in [0.5, 0.6) is 0 Å². The summed E-state index contributed by atoms with van der Waals surface area (Å²) in [6, 6.07) is 0. The van der Waals surface area contributed by atoms with Crippen LogP contribution in [0.1, 0.15) is 10.6 Å². The average Bonchev–Trinajstić information content (AvgIpc) is 2.82. The van der Waals surface area contributed by atoms with Crippen LogP contribution in [0.4, 0.5) is 0 Å². The number of aromatic amines is 2. The van der Waals surface area contributed by atoms with Crippen LogP contribution in [-0.2, 0) is 0 Å². The number of rotatable bonds is 1. The first-order valence-corrected chi connectivity index (χ1v) is 2.95. The lowest BCUT2D eigenvalue weighted by Gasteiger charge is -1.75. The number of hydrogen-bond acceptors (Lipinski definition) is 7. The summed E-state index contributed by atoms with van der Waals surface area (Å²) < 4.78 is 0. The number of hydrogen-bond donors (Lipinski definition) is 3. The molecule has 0 saturated carbocycles. The zero-order valence-corrected chi connectivity index (χ0v) is 6.12. The van der Waals surface area contributed by atoms with Gasteiger partial charge in [-0.05, 0) is 20.9 Å². The van der Waals surface area contributed by atoms with Gasteiger partial charge in [0.2, 0.25) is 0 Å². The van der Waals surface area contributed by atoms with Crippen molar-refractivity contribution < 1.29 is 9.90 Å². The van der Waals surface area contributed by atoms with Gasteiger partial charge in [0.15, 0.2) is 0 Å². The van der Waals surface area contributed by atoms with E-state index in [0.717, 1.165) is 0 Å². The topological polar surface area (TPSA) is 146 Å². The lowest BCUT2D eigenvalue weighted by molar-refractivity contribution is 0.0683. The smallest absolute Gasteiger partial charge is 0.375 e. The van der Waals surface area contributed by atoms with E-state index in [0.29, 0.717) is 0 Å². The Labute approximate surface area is 70.4 Å². The largest absolute Gasteiger partial charge is 0.475 e. The molecule has 68 valence electrons. The molecule has 0 aliphatic rings. The van der Waals surface area contributed by atoms with Gasteiger partial charge in [0, 0.05) is 0 Å². The molecule has 3 N–H and O–H groups in total. The molecule has 0 atom stereocenters. The van der Waals surface area contributed by atoms with E-state index in [4.69, 9.17) is 5.11 Å². The van der Waals surface area contributed by atoms with E-state index in [1.54, 1.807) is 0 Å². The van der Waals surface area contributed by atoms with E-state index in [1.807, 2.05) is 0 Å². The highest BCUT2D eigenvalue weighted by atomic mass is 16.4. The fraction of sp³-hybridized carbons (Fsp3) is 0. The molecule has 2 aromatic rings. The predicted molar refractivity (Wildman–Crippen MR) is 35.3 cm³/mol. The molecule has 0 radical (unpaired) electrons. The Morgan fingerprint density at radius 1 is 1.38 bits per heavy atom. The van der Waals surface area contributed by atoms with Crippen molar-refractivity contribution in [3.8, 4) is 0 Å². The molecule has 2 rings (SSSR count). The van der Waals surface area contributed by atoms with Gasteiger partial charge in [0.05, 0.1) is 0 Å². The maximum atomic E-state index is 9.89. The number of carboxylic acid groups (broad SMARTS) is 1. The molecule has 10 heteroatoms. The van der Waals surface area contributed by atoms with Crippen LogP contribution in [0.25, 0.3) is 0 Å². The minimum absolute atomic E-state index is 0.245. The van der Waals surface area contributed by atoms with Gasteiger partial charge in [-0.15, -0.1) is 10.2 Å². The standard InChI is InChI=1S/C2H2N4O2.CH2N4/c7-2(8)1-3-5-6-4-1;1-2-4-5-3-1/h(H,7,8)(H,3,4,5,6);1H,(H,2,3,4,5). The highest BCUT2D eigenvalue weighted by Gasteiger charge is 2.03. The van der Waals surface area contributed by atoms with E-state index < -0.39 is 5.97 Å². The highest BCUT2D eigenvalue weighted by molar-refractivity contribution is 5.82. The Morgan fingerprint density at radius 2 is 2.23 bits per heavy atom. The normalized spacial score (nSPS) is 8.62. The molecule has 2 aromatic heterocycles. The fourth-order valence-electron chi connectivity index (χ4n) is 0.379. The van der Waals surface area contributed by atoms with Gasteiger partial charge in [-0.25, -0.2) is 15.0 Å². The van der Waals surface area contributed by atoms with Crippen LogP contribution in [0.3, 0.4) is 0 Å². The molecule has 0 spiro atoms. The second-order valence-electron chi connectivity index (χ2n) is 1.62. The number of carbonyl (C=O) groups is 1. The summed E-state index contributed by atoms with van der Waals surface area (Å²) in [6.07, 6.45) is 1.40. The van der Waals surface area contributed by atoms with Crippen molar-refractivity contribution in [3.63, 3.8) is 0 Å². The van der Waals surface area contributed by atoms with Crippen LogP contribution in [0.15, 0.2) is 6.33 Å². The molecule has 0 aliphatic carbocycles. The Kier molecular flexibility index (Phi) is 3.00. The number of tetrazole rings is 2. The van der Waals surface area contributed by atoms with Gasteiger partial charge in [-0.2, -0.15) is 0 Å². The average molecular weight is 184 g/mol. The van der Waals surface area contributed by atoms with Gasteiger partial charge in [-0.3, -0.25) is 0 Å². The number of nitrogens with zero attached hydrogens (tertiary/aromatic N) is 6. The summed E-state index contributed by atoms with van der Waals surface area (Å²) in [6.45, 7) is 0. The number of aromatic nitrogens is 8.